The van der Waals surface area contributed by atoms with Crippen LogP contribution in [0.4, 0.5) is 23.3 Å². The zero-order valence-corrected chi connectivity index (χ0v) is 17.7. The van der Waals surface area contributed by atoms with E-state index in [2.05, 4.69) is 35.7 Å². The van der Waals surface area contributed by atoms with E-state index in [1.807, 2.05) is 31.2 Å². The van der Waals surface area contributed by atoms with Gasteiger partial charge in [-0.2, -0.15) is 10.1 Å². The highest BCUT2D eigenvalue weighted by Gasteiger charge is 2.18. The van der Waals surface area contributed by atoms with Crippen LogP contribution in [0.5, 0.6) is 5.75 Å². The first-order chi connectivity index (χ1) is 15.4. The van der Waals surface area contributed by atoms with Gasteiger partial charge in [0.25, 0.3) is 5.91 Å². The minimum atomic E-state index is -0.672. The number of pyridine rings is 1. The van der Waals surface area contributed by atoms with E-state index in [4.69, 9.17) is 10.5 Å². The number of carbonyl (C=O) groups excluding carboxylic acids is 1. The Labute approximate surface area is 183 Å². The Bertz CT molecular complexity index is 1290. The molecule has 0 aliphatic carbocycles. The Morgan fingerprint density at radius 2 is 1.91 bits per heavy atom. The van der Waals surface area contributed by atoms with E-state index in [1.54, 1.807) is 30.2 Å². The summed E-state index contributed by atoms with van der Waals surface area (Å²) >= 11 is 0. The Kier molecular flexibility index (Phi) is 5.62. The fourth-order valence-electron chi connectivity index (χ4n) is 3.07. The number of ether oxygens (including phenoxy) is 1. The number of amides is 1. The van der Waals surface area contributed by atoms with Gasteiger partial charge in [0, 0.05) is 18.9 Å². The fraction of sp³-hybridized carbons (Fsp3) is 0.143. The quantitative estimate of drug-likeness (QED) is 0.402. The van der Waals surface area contributed by atoms with Crippen LogP contribution in [0.25, 0.3) is 11.4 Å². The van der Waals surface area contributed by atoms with Crippen LogP contribution in [0.2, 0.25) is 0 Å². The summed E-state index contributed by atoms with van der Waals surface area (Å²) in [6.45, 7) is 1.88. The summed E-state index contributed by atoms with van der Waals surface area (Å²) < 4.78 is 7.21. The minimum absolute atomic E-state index is 0.121. The number of nitrogens with zero attached hydrogens (tertiary/aromatic N) is 6. The van der Waals surface area contributed by atoms with Crippen LogP contribution in [-0.4, -0.2) is 42.7 Å². The largest absolute Gasteiger partial charge is 0.494 e. The van der Waals surface area contributed by atoms with Gasteiger partial charge in [0.1, 0.15) is 23.5 Å². The van der Waals surface area contributed by atoms with Crippen molar-refractivity contribution in [3.05, 3.63) is 60.2 Å². The van der Waals surface area contributed by atoms with Crippen molar-refractivity contribution in [2.75, 3.05) is 17.7 Å². The molecule has 4 N–H and O–H groups in total. The molecule has 11 heteroatoms. The highest BCUT2D eigenvalue weighted by atomic mass is 16.5. The van der Waals surface area contributed by atoms with Crippen LogP contribution >= 0.6 is 0 Å². The maximum Gasteiger partial charge on any atom is 0.254 e. The molecule has 0 atom stereocenters. The second-order valence-electron chi connectivity index (χ2n) is 6.86. The molecule has 0 spiro atoms. The molecule has 11 nitrogen and oxygen atoms in total. The normalized spacial score (nSPS) is 10.6. The zero-order chi connectivity index (χ0) is 22.7. The third-order valence-electron chi connectivity index (χ3n) is 4.50. The summed E-state index contributed by atoms with van der Waals surface area (Å²) in [5, 5.41) is 10.5. The van der Waals surface area contributed by atoms with Crippen molar-refractivity contribution < 1.29 is 9.53 Å². The molecule has 1 amide bonds. The molecule has 4 aromatic rings. The smallest absolute Gasteiger partial charge is 0.254 e. The predicted molar refractivity (Wildman–Crippen MR) is 119 cm³/mol. The number of carbonyl (C=O) groups is 1. The minimum Gasteiger partial charge on any atom is -0.494 e. The summed E-state index contributed by atoms with van der Waals surface area (Å²) in [5.41, 5.74) is 7.73. The topological polar surface area (TPSA) is 146 Å². The number of nitrogens with two attached hydrogens (primary N) is 1. The molecule has 0 fully saturated rings. The molecule has 0 radical (unpaired) electrons. The van der Waals surface area contributed by atoms with Gasteiger partial charge in [0.05, 0.1) is 18.4 Å². The van der Waals surface area contributed by atoms with Gasteiger partial charge in [-0.25, -0.2) is 15.0 Å². The highest BCUT2D eigenvalue weighted by Crippen LogP contribution is 2.36. The molecule has 3 aromatic heterocycles. The van der Waals surface area contributed by atoms with Crippen LogP contribution in [0, 0.1) is 6.92 Å². The van der Waals surface area contributed by atoms with E-state index in [0.29, 0.717) is 28.6 Å². The van der Waals surface area contributed by atoms with Crippen molar-refractivity contribution in [2.45, 2.75) is 6.92 Å². The van der Waals surface area contributed by atoms with Gasteiger partial charge < -0.3 is 21.1 Å². The molecule has 1 aromatic carbocycles. The number of rotatable bonds is 7. The number of hydrogen-bond acceptors (Lipinski definition) is 9. The number of hydrogen-bond donors (Lipinski definition) is 3. The molecular weight excluding hydrogens is 410 g/mol. The molecule has 0 aliphatic heterocycles. The molecule has 162 valence electrons. The molecule has 0 saturated carbocycles. The van der Waals surface area contributed by atoms with Gasteiger partial charge in [-0.05, 0) is 31.2 Å². The second kappa shape index (κ2) is 8.68. The lowest BCUT2D eigenvalue weighted by atomic mass is 10.1. The highest BCUT2D eigenvalue weighted by molar-refractivity contribution is 5.98. The van der Waals surface area contributed by atoms with E-state index in [9.17, 15) is 4.79 Å². The van der Waals surface area contributed by atoms with E-state index < -0.39 is 5.91 Å². The average Bonchev–Trinajstić information content (AvgIpc) is 3.19. The first-order valence-corrected chi connectivity index (χ1v) is 9.62. The zero-order valence-electron chi connectivity index (χ0n) is 17.7. The summed E-state index contributed by atoms with van der Waals surface area (Å²) in [4.78, 5) is 29.3. The third kappa shape index (κ3) is 4.31. The third-order valence-corrected chi connectivity index (χ3v) is 4.50. The standard InChI is InChI=1S/C21H21N9O2/c1-12-6-4-9-16(25-12)27-21-23-10-14(18(22)31)20(28-21)26-15-8-5-7-13(17(15)32-3)19-24-11-30(2)29-19/h4-11H,1-3H3,(H2,22,31)(H2,23,25,26,27,28). The molecule has 0 saturated heterocycles. The van der Waals surface area contributed by atoms with Crippen molar-refractivity contribution in [3.8, 4) is 17.1 Å². The number of aryl methyl sites for hydroxylation is 2. The van der Waals surface area contributed by atoms with Gasteiger partial charge >= 0.3 is 0 Å². The average molecular weight is 431 g/mol. The second-order valence-corrected chi connectivity index (χ2v) is 6.86. The molecule has 0 bridgehead atoms. The number of aromatic nitrogens is 6. The van der Waals surface area contributed by atoms with Crippen molar-refractivity contribution >= 4 is 29.2 Å². The lowest BCUT2D eigenvalue weighted by Crippen LogP contribution is -2.16. The van der Waals surface area contributed by atoms with Crippen molar-refractivity contribution in [3.63, 3.8) is 0 Å². The first kappa shape index (κ1) is 20.7. The van der Waals surface area contributed by atoms with Gasteiger partial charge in [0.15, 0.2) is 11.6 Å². The lowest BCUT2D eigenvalue weighted by Gasteiger charge is -2.15. The first-order valence-electron chi connectivity index (χ1n) is 9.62. The van der Waals surface area contributed by atoms with Crippen molar-refractivity contribution in [1.82, 2.24) is 29.7 Å². The van der Waals surface area contributed by atoms with E-state index in [1.165, 1.54) is 13.3 Å². The van der Waals surface area contributed by atoms with Crippen LogP contribution in [0.1, 0.15) is 16.1 Å². The van der Waals surface area contributed by atoms with Crippen LogP contribution < -0.4 is 21.1 Å². The summed E-state index contributed by atoms with van der Waals surface area (Å²) in [6.07, 6.45) is 2.95. The Hall–Kier alpha value is -4.54. The van der Waals surface area contributed by atoms with Gasteiger partial charge in [-0.15, -0.1) is 0 Å². The Morgan fingerprint density at radius 3 is 2.59 bits per heavy atom. The Morgan fingerprint density at radius 1 is 1.09 bits per heavy atom. The molecule has 4 rings (SSSR count). The number of para-hydroxylation sites is 1. The molecule has 3 heterocycles. The van der Waals surface area contributed by atoms with E-state index in [0.717, 1.165) is 5.69 Å². The van der Waals surface area contributed by atoms with Crippen molar-refractivity contribution in [2.24, 2.45) is 12.8 Å². The maximum atomic E-state index is 12.0. The number of methoxy groups -OCH3 is 1. The maximum absolute atomic E-state index is 12.0. The molecule has 0 unspecified atom stereocenters. The fourth-order valence-corrected chi connectivity index (χ4v) is 3.07. The van der Waals surface area contributed by atoms with Gasteiger partial charge in [-0.1, -0.05) is 12.1 Å². The molecule has 0 aliphatic rings. The van der Waals surface area contributed by atoms with Crippen LogP contribution in [0.15, 0.2) is 48.9 Å². The molecular formula is C21H21N9O2. The SMILES string of the molecule is COc1c(Nc2nc(Nc3cccc(C)n3)ncc2C(N)=O)cccc1-c1ncn(C)n1. The summed E-state index contributed by atoms with van der Waals surface area (Å²) in [6, 6.07) is 11.0. The van der Waals surface area contributed by atoms with Gasteiger partial charge in [-0.3, -0.25) is 9.48 Å². The monoisotopic (exact) mass is 431 g/mol. The van der Waals surface area contributed by atoms with Gasteiger partial charge in [0.2, 0.25) is 5.95 Å². The predicted octanol–water partition coefficient (Wildman–Crippen LogP) is 2.57. The number of benzene rings is 1. The van der Waals surface area contributed by atoms with Crippen molar-refractivity contribution in [1.29, 1.82) is 0 Å². The summed E-state index contributed by atoms with van der Waals surface area (Å²) in [5.74, 6) is 1.35. The lowest BCUT2D eigenvalue weighted by molar-refractivity contribution is 0.100. The molecule has 32 heavy (non-hydrogen) atoms. The van der Waals surface area contributed by atoms with E-state index in [-0.39, 0.29) is 17.3 Å². The van der Waals surface area contributed by atoms with E-state index >= 15 is 0 Å². The number of primary amides is 1. The van der Waals surface area contributed by atoms with Crippen LogP contribution in [-0.2, 0) is 7.05 Å². The number of nitrogens with one attached hydrogen (secondary N) is 2. The Balaban J connectivity index is 1.72. The van der Waals surface area contributed by atoms with Crippen LogP contribution in [0.3, 0.4) is 0 Å². The summed E-state index contributed by atoms with van der Waals surface area (Å²) in [7, 11) is 3.32. The number of anilines is 4.